The molecule has 3 aromatic rings. The molecule has 1 heteroatoms. The Balaban J connectivity index is 1.75. The Morgan fingerprint density at radius 3 is 2.22 bits per heavy atom. The topological polar surface area (TPSA) is 12.0 Å². The Morgan fingerprint density at radius 2 is 1.48 bits per heavy atom. The molecule has 0 spiro atoms. The molecule has 0 aliphatic carbocycles. The van der Waals surface area contributed by atoms with Gasteiger partial charge in [-0.1, -0.05) is 69.3 Å². The minimum Gasteiger partial charge on any atom is -0.355 e. The van der Waals surface area contributed by atoms with Gasteiger partial charge >= 0.3 is 0 Å². The lowest BCUT2D eigenvalue weighted by atomic mass is 9.89. The first-order valence-electron chi connectivity index (χ1n) is 8.35. The zero-order chi connectivity index (χ0) is 16.3. The van der Waals surface area contributed by atoms with Gasteiger partial charge in [-0.15, -0.1) is 0 Å². The summed E-state index contributed by atoms with van der Waals surface area (Å²) in [6.45, 7) is 6.89. The van der Waals surface area contributed by atoms with Gasteiger partial charge in [-0.25, -0.2) is 0 Å². The summed E-state index contributed by atoms with van der Waals surface area (Å²) >= 11 is 0. The summed E-state index contributed by atoms with van der Waals surface area (Å²) in [4.78, 5) is 0. The molecule has 1 nitrogen and oxygen atoms in total. The van der Waals surface area contributed by atoms with Crippen molar-refractivity contribution < 1.29 is 0 Å². The lowest BCUT2D eigenvalue weighted by Gasteiger charge is -2.18. The van der Waals surface area contributed by atoms with Crippen molar-refractivity contribution >= 4 is 22.1 Å². The van der Waals surface area contributed by atoms with E-state index >= 15 is 0 Å². The number of aryl methyl sites for hydroxylation is 1. The number of anilines is 2. The van der Waals surface area contributed by atoms with Gasteiger partial charge in [-0.05, 0) is 47.4 Å². The van der Waals surface area contributed by atoms with Crippen molar-refractivity contribution in [3.8, 4) is 0 Å². The molecule has 0 heterocycles. The maximum absolute atomic E-state index is 3.55. The van der Waals surface area contributed by atoms with Crippen LogP contribution in [0.1, 0.15) is 32.8 Å². The zero-order valence-electron chi connectivity index (χ0n) is 14.3. The molecule has 0 unspecified atom stereocenters. The highest BCUT2D eigenvalue weighted by Gasteiger charge is 2.09. The number of nitrogens with one attached hydrogen (secondary N) is 1. The fraction of sp³-hybridized carbons (Fsp3) is 0.273. The highest BCUT2D eigenvalue weighted by atomic mass is 14.9. The summed E-state index contributed by atoms with van der Waals surface area (Å²) in [5.74, 6) is 0. The van der Waals surface area contributed by atoms with Gasteiger partial charge < -0.3 is 5.32 Å². The number of fused-ring (bicyclic) bond motifs is 1. The van der Waals surface area contributed by atoms with Crippen LogP contribution in [0.15, 0.2) is 66.7 Å². The van der Waals surface area contributed by atoms with Crippen LogP contribution in [0.4, 0.5) is 11.4 Å². The van der Waals surface area contributed by atoms with Crippen LogP contribution in [0.25, 0.3) is 10.8 Å². The minimum atomic E-state index is 0.389. The van der Waals surface area contributed by atoms with E-state index in [9.17, 15) is 0 Å². The molecule has 23 heavy (non-hydrogen) atoms. The normalized spacial score (nSPS) is 11.6. The summed E-state index contributed by atoms with van der Waals surface area (Å²) in [6.07, 6.45) is 2.35. The van der Waals surface area contributed by atoms with Gasteiger partial charge in [0.2, 0.25) is 0 Å². The first-order valence-corrected chi connectivity index (χ1v) is 8.35. The molecule has 3 rings (SSSR count). The smallest absolute Gasteiger partial charge is 0.0463 e. The van der Waals surface area contributed by atoms with E-state index in [1.807, 2.05) is 0 Å². The van der Waals surface area contributed by atoms with Crippen LogP contribution in [-0.4, -0.2) is 0 Å². The second-order valence-electron chi connectivity index (χ2n) is 7.41. The predicted molar refractivity (Wildman–Crippen MR) is 101 cm³/mol. The van der Waals surface area contributed by atoms with Crippen molar-refractivity contribution in [1.29, 1.82) is 0 Å². The van der Waals surface area contributed by atoms with Gasteiger partial charge in [0, 0.05) is 16.8 Å². The van der Waals surface area contributed by atoms with Crippen LogP contribution in [0.5, 0.6) is 0 Å². The molecule has 3 aromatic carbocycles. The van der Waals surface area contributed by atoms with Gasteiger partial charge in [0.1, 0.15) is 0 Å². The van der Waals surface area contributed by atoms with Crippen molar-refractivity contribution in [3.05, 3.63) is 72.3 Å². The summed E-state index contributed by atoms with van der Waals surface area (Å²) in [5, 5.41) is 6.07. The molecule has 0 aromatic heterocycles. The van der Waals surface area contributed by atoms with E-state index in [1.54, 1.807) is 0 Å². The van der Waals surface area contributed by atoms with Gasteiger partial charge in [0.15, 0.2) is 0 Å². The van der Waals surface area contributed by atoms with Gasteiger partial charge in [-0.2, -0.15) is 0 Å². The lowest BCUT2D eigenvalue weighted by molar-refractivity contribution is 0.378. The third kappa shape index (κ3) is 4.13. The van der Waals surface area contributed by atoms with E-state index in [0.29, 0.717) is 5.41 Å². The Kier molecular flexibility index (Phi) is 4.38. The molecule has 0 aliphatic heterocycles. The van der Waals surface area contributed by atoms with Crippen LogP contribution in [0.2, 0.25) is 0 Å². The molecule has 0 radical (unpaired) electrons. The Morgan fingerprint density at radius 1 is 0.783 bits per heavy atom. The Bertz CT molecular complexity index is 774. The Labute approximate surface area is 139 Å². The highest BCUT2D eigenvalue weighted by molar-refractivity contribution is 5.95. The van der Waals surface area contributed by atoms with Crippen molar-refractivity contribution in [2.75, 3.05) is 5.32 Å². The van der Waals surface area contributed by atoms with Crippen molar-refractivity contribution in [2.45, 2.75) is 33.6 Å². The summed E-state index contributed by atoms with van der Waals surface area (Å²) in [7, 11) is 0. The molecule has 0 aliphatic rings. The fourth-order valence-electron chi connectivity index (χ4n) is 2.76. The van der Waals surface area contributed by atoms with E-state index in [0.717, 1.165) is 17.8 Å². The van der Waals surface area contributed by atoms with Crippen LogP contribution < -0.4 is 5.32 Å². The van der Waals surface area contributed by atoms with Crippen LogP contribution in [0, 0.1) is 5.41 Å². The first kappa shape index (κ1) is 15.6. The zero-order valence-corrected chi connectivity index (χ0v) is 14.3. The number of rotatable bonds is 4. The lowest BCUT2D eigenvalue weighted by Crippen LogP contribution is -2.06. The summed E-state index contributed by atoms with van der Waals surface area (Å²) in [5.41, 5.74) is 4.09. The van der Waals surface area contributed by atoms with Crippen LogP contribution in [-0.2, 0) is 6.42 Å². The standard InChI is InChI=1S/C22H25N/c1-22(2,3)16-15-17-11-13-19(14-12-17)23-21-10-6-8-18-7-4-5-9-20(18)21/h4-14,23H,15-16H2,1-3H3. The number of hydrogen-bond acceptors (Lipinski definition) is 1. The molecule has 1 N–H and O–H groups in total. The predicted octanol–water partition coefficient (Wildman–Crippen LogP) is 6.56. The van der Waals surface area contributed by atoms with Gasteiger partial charge in [0.25, 0.3) is 0 Å². The maximum atomic E-state index is 3.55. The van der Waals surface area contributed by atoms with E-state index in [4.69, 9.17) is 0 Å². The molecule has 0 saturated carbocycles. The maximum Gasteiger partial charge on any atom is 0.0463 e. The van der Waals surface area contributed by atoms with E-state index in [2.05, 4.69) is 92.8 Å². The van der Waals surface area contributed by atoms with Crippen LogP contribution >= 0.6 is 0 Å². The minimum absolute atomic E-state index is 0.389. The third-order valence-corrected chi connectivity index (χ3v) is 4.19. The quantitative estimate of drug-likeness (QED) is 0.575. The van der Waals surface area contributed by atoms with E-state index < -0.39 is 0 Å². The molecular formula is C22H25N. The van der Waals surface area contributed by atoms with E-state index in [-0.39, 0.29) is 0 Å². The monoisotopic (exact) mass is 303 g/mol. The number of benzene rings is 3. The second-order valence-corrected chi connectivity index (χ2v) is 7.41. The van der Waals surface area contributed by atoms with Crippen LogP contribution in [0.3, 0.4) is 0 Å². The largest absolute Gasteiger partial charge is 0.355 e. The molecule has 0 fully saturated rings. The molecular weight excluding hydrogens is 278 g/mol. The average molecular weight is 303 g/mol. The molecule has 0 atom stereocenters. The molecule has 0 bridgehead atoms. The molecule has 118 valence electrons. The van der Waals surface area contributed by atoms with Gasteiger partial charge in [0.05, 0.1) is 0 Å². The highest BCUT2D eigenvalue weighted by Crippen LogP contribution is 2.27. The first-order chi connectivity index (χ1) is 11.0. The fourth-order valence-corrected chi connectivity index (χ4v) is 2.76. The van der Waals surface area contributed by atoms with Crippen molar-refractivity contribution in [2.24, 2.45) is 5.41 Å². The Hall–Kier alpha value is -2.28. The average Bonchev–Trinajstić information content (AvgIpc) is 2.54. The van der Waals surface area contributed by atoms with Gasteiger partial charge in [-0.3, -0.25) is 0 Å². The summed E-state index contributed by atoms with van der Waals surface area (Å²) in [6, 6.07) is 23.7. The third-order valence-electron chi connectivity index (χ3n) is 4.19. The van der Waals surface area contributed by atoms with E-state index in [1.165, 1.54) is 22.8 Å². The number of hydrogen-bond donors (Lipinski definition) is 1. The van der Waals surface area contributed by atoms with Crippen molar-refractivity contribution in [3.63, 3.8) is 0 Å². The molecule has 0 amide bonds. The van der Waals surface area contributed by atoms with Crippen molar-refractivity contribution in [1.82, 2.24) is 0 Å². The second kappa shape index (κ2) is 6.45. The SMILES string of the molecule is CC(C)(C)CCc1ccc(Nc2cccc3ccccc23)cc1. The molecule has 0 saturated heterocycles. The summed E-state index contributed by atoms with van der Waals surface area (Å²) < 4.78 is 0.